The van der Waals surface area contributed by atoms with Crippen LogP contribution in [0.15, 0.2) is 11.1 Å². The number of hydrogen-bond acceptors (Lipinski definition) is 4. The van der Waals surface area contributed by atoms with Crippen molar-refractivity contribution < 1.29 is 8.42 Å². The molecular weight excluding hydrogens is 202 g/mol. The molecule has 0 amide bonds. The summed E-state index contributed by atoms with van der Waals surface area (Å²) < 4.78 is 22.7. The van der Waals surface area contributed by atoms with E-state index in [9.17, 15) is 8.42 Å². The number of halogens is 1. The van der Waals surface area contributed by atoms with Crippen LogP contribution in [-0.4, -0.2) is 18.2 Å². The Kier molecular flexibility index (Phi) is 2.08. The van der Waals surface area contributed by atoms with Gasteiger partial charge in [-0.1, -0.05) is 0 Å². The zero-order valence-corrected chi connectivity index (χ0v) is 7.59. The van der Waals surface area contributed by atoms with Crippen molar-refractivity contribution in [3.8, 4) is 6.07 Å². The van der Waals surface area contributed by atoms with Crippen LogP contribution in [0.4, 0.5) is 0 Å². The fourth-order valence-electron chi connectivity index (χ4n) is 0.723. The van der Waals surface area contributed by atoms with Gasteiger partial charge in [-0.2, -0.15) is 10.4 Å². The summed E-state index contributed by atoms with van der Waals surface area (Å²) in [6.45, 7) is 0. The first-order valence-electron chi connectivity index (χ1n) is 2.83. The summed E-state index contributed by atoms with van der Waals surface area (Å²) in [5.41, 5.74) is -0.0648. The number of hydrogen-bond donors (Lipinski definition) is 0. The summed E-state index contributed by atoms with van der Waals surface area (Å²) in [6.07, 6.45) is 1.04. The molecule has 0 saturated heterocycles. The zero-order valence-electron chi connectivity index (χ0n) is 6.02. The standard InChI is InChI=1S/C5H4ClN3O2S/c1-9-4(2-7)5(3-8-9)12(6,10)11/h3H,1H3. The number of aromatic nitrogens is 2. The van der Waals surface area contributed by atoms with E-state index < -0.39 is 9.05 Å². The summed E-state index contributed by atoms with van der Waals surface area (Å²) in [5, 5.41) is 12.1. The minimum atomic E-state index is -3.86. The Hall–Kier alpha value is -1.06. The van der Waals surface area contributed by atoms with Crippen molar-refractivity contribution in [1.82, 2.24) is 9.78 Å². The molecule has 0 bridgehead atoms. The van der Waals surface area contributed by atoms with Gasteiger partial charge in [0.05, 0.1) is 6.20 Å². The highest BCUT2D eigenvalue weighted by molar-refractivity contribution is 8.13. The van der Waals surface area contributed by atoms with Crippen LogP contribution in [0.2, 0.25) is 0 Å². The summed E-state index contributed by atoms with van der Waals surface area (Å²) in [4.78, 5) is -0.255. The molecule has 1 aromatic heterocycles. The molecule has 5 nitrogen and oxygen atoms in total. The molecule has 0 atom stereocenters. The van der Waals surface area contributed by atoms with Crippen molar-refractivity contribution in [3.05, 3.63) is 11.9 Å². The third-order valence-electron chi connectivity index (χ3n) is 1.27. The van der Waals surface area contributed by atoms with Crippen molar-refractivity contribution in [2.75, 3.05) is 0 Å². The molecule has 0 aliphatic rings. The van der Waals surface area contributed by atoms with Crippen LogP contribution in [0.1, 0.15) is 5.69 Å². The third-order valence-corrected chi connectivity index (χ3v) is 2.60. The van der Waals surface area contributed by atoms with Crippen molar-refractivity contribution in [3.63, 3.8) is 0 Å². The summed E-state index contributed by atoms with van der Waals surface area (Å²) in [7, 11) is 2.63. The van der Waals surface area contributed by atoms with Crippen LogP contribution >= 0.6 is 10.7 Å². The van der Waals surface area contributed by atoms with Gasteiger partial charge in [0.2, 0.25) is 0 Å². The lowest BCUT2D eigenvalue weighted by atomic mass is 10.5. The second-order valence-corrected chi connectivity index (χ2v) is 4.57. The Morgan fingerprint density at radius 2 is 2.33 bits per heavy atom. The molecule has 0 aliphatic carbocycles. The molecule has 12 heavy (non-hydrogen) atoms. The van der Waals surface area contributed by atoms with Gasteiger partial charge in [-0.3, -0.25) is 4.68 Å². The molecule has 0 unspecified atom stereocenters. The van der Waals surface area contributed by atoms with Crippen molar-refractivity contribution in [2.45, 2.75) is 4.90 Å². The van der Waals surface area contributed by atoms with Crippen LogP contribution in [0.25, 0.3) is 0 Å². The Morgan fingerprint density at radius 1 is 1.75 bits per heavy atom. The fourth-order valence-corrected chi connectivity index (χ4v) is 1.64. The Morgan fingerprint density at radius 3 is 2.67 bits per heavy atom. The summed E-state index contributed by atoms with van der Waals surface area (Å²) in [5.74, 6) is 0. The van der Waals surface area contributed by atoms with E-state index in [1.54, 1.807) is 6.07 Å². The maximum absolute atomic E-state index is 10.8. The summed E-state index contributed by atoms with van der Waals surface area (Å²) in [6, 6.07) is 1.69. The molecule has 0 aliphatic heterocycles. The van der Waals surface area contributed by atoms with Gasteiger partial charge in [0, 0.05) is 17.7 Å². The monoisotopic (exact) mass is 205 g/mol. The summed E-state index contributed by atoms with van der Waals surface area (Å²) >= 11 is 0. The molecule has 1 rings (SSSR count). The molecule has 0 spiro atoms. The average Bonchev–Trinajstić information content (AvgIpc) is 2.29. The van der Waals surface area contributed by atoms with Crippen molar-refractivity contribution in [1.29, 1.82) is 5.26 Å². The number of rotatable bonds is 1. The van der Waals surface area contributed by atoms with Gasteiger partial charge in [0.1, 0.15) is 11.0 Å². The van der Waals surface area contributed by atoms with E-state index in [2.05, 4.69) is 5.10 Å². The highest BCUT2D eigenvalue weighted by atomic mass is 35.7. The topological polar surface area (TPSA) is 75.8 Å². The molecule has 7 heteroatoms. The normalized spacial score (nSPS) is 11.1. The van der Waals surface area contributed by atoms with E-state index in [0.717, 1.165) is 10.9 Å². The Balaban J connectivity index is 3.49. The van der Waals surface area contributed by atoms with Gasteiger partial charge in [0.15, 0.2) is 5.69 Å². The minimum absolute atomic E-state index is 0.0648. The lowest BCUT2D eigenvalue weighted by molar-refractivity contribution is 0.609. The van der Waals surface area contributed by atoms with E-state index >= 15 is 0 Å². The molecule has 1 heterocycles. The quantitative estimate of drug-likeness (QED) is 0.615. The zero-order chi connectivity index (χ0) is 9.35. The number of aryl methyl sites for hydroxylation is 1. The van der Waals surface area contributed by atoms with Crippen LogP contribution in [0, 0.1) is 11.3 Å². The Bertz CT molecular complexity index is 442. The number of nitriles is 1. The highest BCUT2D eigenvalue weighted by Crippen LogP contribution is 2.17. The van der Waals surface area contributed by atoms with Crippen LogP contribution in [-0.2, 0) is 16.1 Å². The first-order chi connectivity index (χ1) is 5.46. The minimum Gasteiger partial charge on any atom is -0.257 e. The maximum Gasteiger partial charge on any atom is 0.265 e. The maximum atomic E-state index is 10.8. The third kappa shape index (κ3) is 1.42. The first-order valence-corrected chi connectivity index (χ1v) is 5.14. The van der Waals surface area contributed by atoms with Gasteiger partial charge in [-0.15, -0.1) is 0 Å². The molecule has 0 N–H and O–H groups in total. The molecule has 0 radical (unpaired) electrons. The van der Waals surface area contributed by atoms with E-state index in [4.69, 9.17) is 15.9 Å². The van der Waals surface area contributed by atoms with Gasteiger partial charge in [-0.25, -0.2) is 8.42 Å². The molecular formula is C5H4ClN3O2S. The second kappa shape index (κ2) is 2.77. The SMILES string of the molecule is Cn1ncc(S(=O)(=O)Cl)c1C#N. The van der Waals surface area contributed by atoms with E-state index in [0.29, 0.717) is 0 Å². The molecule has 0 aromatic carbocycles. The van der Waals surface area contributed by atoms with Crippen LogP contribution < -0.4 is 0 Å². The predicted octanol–water partition coefficient (Wildman–Crippen LogP) is 0.219. The van der Waals surface area contributed by atoms with Gasteiger partial charge in [0.25, 0.3) is 9.05 Å². The molecule has 64 valence electrons. The van der Waals surface area contributed by atoms with E-state index in [1.165, 1.54) is 7.05 Å². The van der Waals surface area contributed by atoms with Crippen molar-refractivity contribution in [2.24, 2.45) is 7.05 Å². The van der Waals surface area contributed by atoms with Gasteiger partial charge < -0.3 is 0 Å². The largest absolute Gasteiger partial charge is 0.265 e. The van der Waals surface area contributed by atoms with Crippen LogP contribution in [0.5, 0.6) is 0 Å². The van der Waals surface area contributed by atoms with Gasteiger partial charge in [-0.05, 0) is 0 Å². The second-order valence-electron chi connectivity index (χ2n) is 2.03. The van der Waals surface area contributed by atoms with E-state index in [1.807, 2.05) is 0 Å². The molecule has 0 saturated carbocycles. The van der Waals surface area contributed by atoms with Gasteiger partial charge >= 0.3 is 0 Å². The number of nitrogens with zero attached hydrogens (tertiary/aromatic N) is 3. The average molecular weight is 206 g/mol. The molecule has 0 fully saturated rings. The van der Waals surface area contributed by atoms with E-state index in [-0.39, 0.29) is 10.6 Å². The first kappa shape index (κ1) is 9.03. The molecule has 1 aromatic rings. The fraction of sp³-hybridized carbons (Fsp3) is 0.200. The smallest absolute Gasteiger partial charge is 0.257 e. The highest BCUT2D eigenvalue weighted by Gasteiger charge is 2.19. The lowest BCUT2D eigenvalue weighted by Crippen LogP contribution is -1.97. The van der Waals surface area contributed by atoms with Crippen molar-refractivity contribution >= 4 is 19.7 Å². The van der Waals surface area contributed by atoms with Crippen LogP contribution in [0.3, 0.4) is 0 Å². The Labute approximate surface area is 73.6 Å². The lowest BCUT2D eigenvalue weighted by Gasteiger charge is -1.91. The predicted molar refractivity (Wildman–Crippen MR) is 41.0 cm³/mol.